The SMILES string of the molecule is CCOC(=O)C1CC[NH+](CCC(=O)Nc2ccc(OC)cc2)CC1. The Morgan fingerprint density at radius 2 is 1.88 bits per heavy atom. The van der Waals surface area contributed by atoms with E-state index in [0.717, 1.165) is 43.9 Å². The smallest absolute Gasteiger partial charge is 0.309 e. The highest BCUT2D eigenvalue weighted by molar-refractivity contribution is 5.90. The minimum absolute atomic E-state index is 0.0141. The predicted octanol–water partition coefficient (Wildman–Crippen LogP) is 0.882. The van der Waals surface area contributed by atoms with Gasteiger partial charge in [0.1, 0.15) is 5.75 Å². The molecular formula is C18H27N2O4+. The molecule has 1 aliphatic rings. The molecule has 0 radical (unpaired) electrons. The maximum atomic E-state index is 12.0. The first-order valence-corrected chi connectivity index (χ1v) is 8.56. The number of anilines is 1. The van der Waals surface area contributed by atoms with E-state index in [2.05, 4.69) is 5.32 Å². The van der Waals surface area contributed by atoms with Gasteiger partial charge < -0.3 is 19.7 Å². The molecule has 0 spiro atoms. The molecule has 2 N–H and O–H groups in total. The van der Waals surface area contributed by atoms with Crippen molar-refractivity contribution < 1.29 is 24.0 Å². The molecule has 132 valence electrons. The zero-order valence-corrected chi connectivity index (χ0v) is 14.5. The topological polar surface area (TPSA) is 69.1 Å². The van der Waals surface area contributed by atoms with E-state index < -0.39 is 0 Å². The zero-order chi connectivity index (χ0) is 17.4. The number of methoxy groups -OCH3 is 1. The number of ether oxygens (including phenoxy) is 2. The summed E-state index contributed by atoms with van der Waals surface area (Å²) in [4.78, 5) is 25.1. The van der Waals surface area contributed by atoms with Gasteiger partial charge in [-0.1, -0.05) is 0 Å². The van der Waals surface area contributed by atoms with Crippen LogP contribution in [0.5, 0.6) is 5.75 Å². The number of benzene rings is 1. The predicted molar refractivity (Wildman–Crippen MR) is 91.2 cm³/mol. The monoisotopic (exact) mass is 335 g/mol. The van der Waals surface area contributed by atoms with Crippen LogP contribution < -0.4 is 15.0 Å². The number of nitrogens with one attached hydrogen (secondary N) is 2. The molecule has 0 atom stereocenters. The standard InChI is InChI=1S/C18H26N2O4/c1-3-24-18(22)14-8-11-20(12-9-14)13-10-17(21)19-15-4-6-16(23-2)7-5-15/h4-7,14H,3,8-13H2,1-2H3,(H,19,21)/p+1. The Balaban J connectivity index is 1.68. The summed E-state index contributed by atoms with van der Waals surface area (Å²) >= 11 is 0. The summed E-state index contributed by atoms with van der Waals surface area (Å²) in [5.74, 6) is 0.734. The molecule has 6 nitrogen and oxygen atoms in total. The van der Waals surface area contributed by atoms with Crippen molar-refractivity contribution in [1.82, 2.24) is 0 Å². The first-order chi connectivity index (χ1) is 11.6. The van der Waals surface area contributed by atoms with E-state index in [9.17, 15) is 9.59 Å². The number of hydrogen-bond donors (Lipinski definition) is 2. The van der Waals surface area contributed by atoms with E-state index in [1.165, 1.54) is 4.90 Å². The van der Waals surface area contributed by atoms with Gasteiger partial charge in [0.25, 0.3) is 0 Å². The van der Waals surface area contributed by atoms with Crippen molar-refractivity contribution in [2.45, 2.75) is 26.2 Å². The van der Waals surface area contributed by atoms with Gasteiger partial charge in [-0.05, 0) is 31.2 Å². The summed E-state index contributed by atoms with van der Waals surface area (Å²) in [6.45, 7) is 4.90. The maximum Gasteiger partial charge on any atom is 0.309 e. The van der Waals surface area contributed by atoms with E-state index in [0.29, 0.717) is 13.0 Å². The third-order valence-electron chi connectivity index (χ3n) is 4.39. The number of hydrogen-bond acceptors (Lipinski definition) is 4. The molecular weight excluding hydrogens is 308 g/mol. The lowest BCUT2D eigenvalue weighted by Gasteiger charge is -2.27. The quantitative estimate of drug-likeness (QED) is 0.726. The van der Waals surface area contributed by atoms with Gasteiger partial charge in [0, 0.05) is 18.5 Å². The van der Waals surface area contributed by atoms with E-state index in [4.69, 9.17) is 9.47 Å². The van der Waals surface area contributed by atoms with Crippen LogP contribution >= 0.6 is 0 Å². The van der Waals surface area contributed by atoms with E-state index in [-0.39, 0.29) is 17.8 Å². The Kier molecular flexibility index (Phi) is 7.06. The number of amides is 1. The van der Waals surface area contributed by atoms with Gasteiger partial charge in [0.05, 0.1) is 45.7 Å². The van der Waals surface area contributed by atoms with Crippen molar-refractivity contribution in [2.75, 3.05) is 38.7 Å². The summed E-state index contributed by atoms with van der Waals surface area (Å²) in [5.41, 5.74) is 0.775. The molecule has 0 unspecified atom stereocenters. The second-order valence-electron chi connectivity index (χ2n) is 6.05. The van der Waals surface area contributed by atoms with Gasteiger partial charge >= 0.3 is 5.97 Å². The minimum Gasteiger partial charge on any atom is -0.497 e. The maximum absolute atomic E-state index is 12.0. The Bertz CT molecular complexity index is 536. The lowest BCUT2D eigenvalue weighted by atomic mass is 9.97. The average molecular weight is 335 g/mol. The summed E-state index contributed by atoms with van der Waals surface area (Å²) in [5, 5.41) is 2.89. The van der Waals surface area contributed by atoms with Gasteiger partial charge in [-0.15, -0.1) is 0 Å². The van der Waals surface area contributed by atoms with Crippen LogP contribution in [0.1, 0.15) is 26.2 Å². The van der Waals surface area contributed by atoms with Gasteiger partial charge in [-0.2, -0.15) is 0 Å². The van der Waals surface area contributed by atoms with Crippen LogP contribution in [0.2, 0.25) is 0 Å². The van der Waals surface area contributed by atoms with E-state index in [1.54, 1.807) is 7.11 Å². The number of esters is 1. The lowest BCUT2D eigenvalue weighted by molar-refractivity contribution is -0.905. The Morgan fingerprint density at radius 1 is 1.21 bits per heavy atom. The average Bonchev–Trinajstić information content (AvgIpc) is 2.61. The van der Waals surface area contributed by atoms with Crippen LogP contribution in [0.3, 0.4) is 0 Å². The Hall–Kier alpha value is -2.08. The largest absolute Gasteiger partial charge is 0.497 e. The van der Waals surface area contributed by atoms with E-state index >= 15 is 0 Å². The molecule has 1 amide bonds. The first-order valence-electron chi connectivity index (χ1n) is 8.56. The number of carbonyl (C=O) groups is 2. The molecule has 1 fully saturated rings. The number of rotatable bonds is 7. The summed E-state index contributed by atoms with van der Waals surface area (Å²) < 4.78 is 10.2. The second-order valence-corrected chi connectivity index (χ2v) is 6.05. The molecule has 1 aromatic rings. The number of quaternary nitrogens is 1. The molecule has 1 aliphatic heterocycles. The van der Waals surface area contributed by atoms with Crippen molar-refractivity contribution in [2.24, 2.45) is 5.92 Å². The fourth-order valence-corrected chi connectivity index (χ4v) is 2.96. The van der Waals surface area contributed by atoms with Crippen LogP contribution in [0.4, 0.5) is 5.69 Å². The van der Waals surface area contributed by atoms with Crippen LogP contribution in [-0.2, 0) is 14.3 Å². The van der Waals surface area contributed by atoms with Crippen molar-refractivity contribution in [3.05, 3.63) is 24.3 Å². The highest BCUT2D eigenvalue weighted by Crippen LogP contribution is 2.15. The van der Waals surface area contributed by atoms with Crippen molar-refractivity contribution in [1.29, 1.82) is 0 Å². The van der Waals surface area contributed by atoms with Crippen molar-refractivity contribution >= 4 is 17.6 Å². The second kappa shape index (κ2) is 9.27. The zero-order valence-electron chi connectivity index (χ0n) is 14.5. The van der Waals surface area contributed by atoms with Crippen molar-refractivity contribution in [3.8, 4) is 5.75 Å². The Morgan fingerprint density at radius 3 is 2.46 bits per heavy atom. The van der Waals surface area contributed by atoms with Crippen molar-refractivity contribution in [3.63, 3.8) is 0 Å². The molecule has 1 saturated heterocycles. The van der Waals surface area contributed by atoms with Gasteiger partial charge in [0.15, 0.2) is 0 Å². The molecule has 1 heterocycles. The lowest BCUT2D eigenvalue weighted by Crippen LogP contribution is -3.13. The fourth-order valence-electron chi connectivity index (χ4n) is 2.96. The van der Waals surface area contributed by atoms with Gasteiger partial charge in [-0.25, -0.2) is 0 Å². The van der Waals surface area contributed by atoms with Gasteiger partial charge in [0.2, 0.25) is 5.91 Å². The molecule has 6 heteroatoms. The third-order valence-corrected chi connectivity index (χ3v) is 4.39. The molecule has 1 aromatic carbocycles. The summed E-state index contributed by atoms with van der Waals surface area (Å²) in [7, 11) is 1.61. The molecule has 0 bridgehead atoms. The molecule has 24 heavy (non-hydrogen) atoms. The number of piperidine rings is 1. The highest BCUT2D eigenvalue weighted by Gasteiger charge is 2.28. The van der Waals surface area contributed by atoms with Crippen LogP contribution in [0, 0.1) is 5.92 Å². The molecule has 2 rings (SSSR count). The minimum atomic E-state index is -0.0752. The third kappa shape index (κ3) is 5.53. The molecule has 0 aromatic heterocycles. The van der Waals surface area contributed by atoms with Gasteiger partial charge in [-0.3, -0.25) is 9.59 Å². The number of likely N-dealkylation sites (tertiary alicyclic amines) is 1. The van der Waals surface area contributed by atoms with Crippen LogP contribution in [0.25, 0.3) is 0 Å². The fraction of sp³-hybridized carbons (Fsp3) is 0.556. The van der Waals surface area contributed by atoms with Crippen LogP contribution in [0.15, 0.2) is 24.3 Å². The Labute approximate surface area is 143 Å². The summed E-state index contributed by atoms with van der Waals surface area (Å²) in [6, 6.07) is 7.30. The van der Waals surface area contributed by atoms with E-state index in [1.807, 2.05) is 31.2 Å². The first kappa shape index (κ1) is 18.3. The number of carbonyl (C=O) groups excluding carboxylic acids is 2. The van der Waals surface area contributed by atoms with Crippen LogP contribution in [-0.4, -0.2) is 45.2 Å². The normalized spacial score (nSPS) is 20.2. The molecule has 0 saturated carbocycles. The highest BCUT2D eigenvalue weighted by atomic mass is 16.5. The summed E-state index contributed by atoms with van der Waals surface area (Å²) in [6.07, 6.45) is 2.16. The molecule has 0 aliphatic carbocycles.